The molecule has 13 heavy (non-hydrogen) atoms. The third-order valence-electron chi connectivity index (χ3n) is 1.92. The molecule has 0 aromatic heterocycles. The molecule has 66 valence electrons. The van der Waals surface area contributed by atoms with Crippen LogP contribution in [0.3, 0.4) is 0 Å². The quantitative estimate of drug-likeness (QED) is 0.536. The van der Waals surface area contributed by atoms with E-state index in [1.54, 1.807) is 0 Å². The fourth-order valence-corrected chi connectivity index (χ4v) is 0.987. The molecule has 0 spiro atoms. The predicted molar refractivity (Wildman–Crippen MR) is 46.0 cm³/mol. The highest BCUT2D eigenvalue weighted by atomic mass is 19.2. The summed E-state index contributed by atoms with van der Waals surface area (Å²) in [7, 11) is 0. The van der Waals surface area contributed by atoms with Crippen LogP contribution in [0.15, 0.2) is 18.2 Å². The normalized spacial score (nSPS) is 14.9. The van der Waals surface area contributed by atoms with Crippen molar-refractivity contribution >= 4 is 0 Å². The summed E-state index contributed by atoms with van der Waals surface area (Å²) in [6.07, 6.45) is 2.27. The molecule has 0 atom stereocenters. The monoisotopic (exact) mass is 178 g/mol. The Kier molecular flexibility index (Phi) is 2.02. The molecule has 0 N–H and O–H groups in total. The van der Waals surface area contributed by atoms with Crippen LogP contribution in [0, 0.1) is 29.4 Å². The number of rotatable bonds is 0. The molecule has 0 saturated heterocycles. The van der Waals surface area contributed by atoms with Gasteiger partial charge in [0.15, 0.2) is 11.6 Å². The Morgan fingerprint density at radius 2 is 1.92 bits per heavy atom. The molecule has 1 saturated carbocycles. The summed E-state index contributed by atoms with van der Waals surface area (Å²) in [5, 5.41) is 0. The molecule has 0 bridgehead atoms. The molecule has 1 aromatic rings. The molecular formula is C11H8F2. The lowest BCUT2D eigenvalue weighted by molar-refractivity contribution is 0.508. The topological polar surface area (TPSA) is 0 Å². The summed E-state index contributed by atoms with van der Waals surface area (Å²) in [5.41, 5.74) is 0.547. The summed E-state index contributed by atoms with van der Waals surface area (Å²) in [4.78, 5) is 0. The van der Waals surface area contributed by atoms with Crippen LogP contribution in [0.25, 0.3) is 0 Å². The fraction of sp³-hybridized carbons (Fsp3) is 0.273. The zero-order valence-electron chi connectivity index (χ0n) is 6.98. The van der Waals surface area contributed by atoms with Crippen molar-refractivity contribution in [3.8, 4) is 11.8 Å². The van der Waals surface area contributed by atoms with Gasteiger partial charge in [0.05, 0.1) is 0 Å². The van der Waals surface area contributed by atoms with Gasteiger partial charge >= 0.3 is 0 Å². The summed E-state index contributed by atoms with van der Waals surface area (Å²) in [6.45, 7) is 0. The molecule has 0 amide bonds. The molecule has 0 unspecified atom stereocenters. The van der Waals surface area contributed by atoms with Crippen LogP contribution in [0.4, 0.5) is 8.78 Å². The Hall–Kier alpha value is -1.36. The SMILES string of the molecule is Fc1ccc(C#CC2CC2)cc1F. The zero-order chi connectivity index (χ0) is 9.26. The molecule has 0 nitrogen and oxygen atoms in total. The summed E-state index contributed by atoms with van der Waals surface area (Å²) < 4.78 is 25.2. The molecule has 1 aliphatic carbocycles. The predicted octanol–water partition coefficient (Wildman–Crippen LogP) is 2.73. The van der Waals surface area contributed by atoms with Gasteiger partial charge in [-0.15, -0.1) is 0 Å². The first-order valence-electron chi connectivity index (χ1n) is 4.22. The molecule has 1 aromatic carbocycles. The van der Waals surface area contributed by atoms with E-state index in [2.05, 4.69) is 11.8 Å². The lowest BCUT2D eigenvalue weighted by Crippen LogP contribution is -1.84. The highest BCUT2D eigenvalue weighted by Crippen LogP contribution is 2.27. The maximum Gasteiger partial charge on any atom is 0.160 e. The van der Waals surface area contributed by atoms with Crippen LogP contribution in [-0.2, 0) is 0 Å². The Morgan fingerprint density at radius 3 is 2.54 bits per heavy atom. The fourth-order valence-electron chi connectivity index (χ4n) is 0.987. The van der Waals surface area contributed by atoms with Crippen molar-refractivity contribution in [3.63, 3.8) is 0 Å². The third kappa shape index (κ3) is 2.06. The maximum atomic E-state index is 12.7. The Balaban J connectivity index is 2.22. The van der Waals surface area contributed by atoms with Crippen LogP contribution in [0.5, 0.6) is 0 Å². The second kappa shape index (κ2) is 3.18. The summed E-state index contributed by atoms with van der Waals surface area (Å²) in [6, 6.07) is 3.73. The van der Waals surface area contributed by atoms with Crippen molar-refractivity contribution in [2.75, 3.05) is 0 Å². The summed E-state index contributed by atoms with van der Waals surface area (Å²) >= 11 is 0. The second-order valence-electron chi connectivity index (χ2n) is 3.17. The van der Waals surface area contributed by atoms with Crippen molar-refractivity contribution in [3.05, 3.63) is 35.4 Å². The van der Waals surface area contributed by atoms with E-state index in [-0.39, 0.29) is 0 Å². The minimum Gasteiger partial charge on any atom is -0.204 e. The van der Waals surface area contributed by atoms with Crippen LogP contribution >= 0.6 is 0 Å². The van der Waals surface area contributed by atoms with Gasteiger partial charge in [0.2, 0.25) is 0 Å². The molecule has 1 fully saturated rings. The zero-order valence-corrected chi connectivity index (χ0v) is 6.98. The first-order chi connectivity index (χ1) is 6.25. The lowest BCUT2D eigenvalue weighted by Gasteiger charge is -1.92. The minimum atomic E-state index is -0.831. The molecule has 0 radical (unpaired) electrons. The Labute approximate surface area is 75.6 Å². The standard InChI is InChI=1S/C11H8F2/c12-10-6-5-9(7-11(10)13)4-3-8-1-2-8/h5-8H,1-2H2. The summed E-state index contributed by atoms with van der Waals surface area (Å²) in [5.74, 6) is 4.62. The number of benzene rings is 1. The van der Waals surface area contributed by atoms with Gasteiger partial charge in [0.1, 0.15) is 0 Å². The Bertz CT molecular complexity index is 381. The smallest absolute Gasteiger partial charge is 0.160 e. The Morgan fingerprint density at radius 1 is 1.15 bits per heavy atom. The van der Waals surface area contributed by atoms with E-state index in [9.17, 15) is 8.78 Å². The maximum absolute atomic E-state index is 12.7. The lowest BCUT2D eigenvalue weighted by atomic mass is 10.2. The van der Waals surface area contributed by atoms with Crippen LogP contribution in [0.2, 0.25) is 0 Å². The van der Waals surface area contributed by atoms with Crippen molar-refractivity contribution in [1.82, 2.24) is 0 Å². The van der Waals surface area contributed by atoms with Gasteiger partial charge in [-0.2, -0.15) is 0 Å². The first-order valence-corrected chi connectivity index (χ1v) is 4.22. The average Bonchev–Trinajstić information content (AvgIpc) is 2.91. The van der Waals surface area contributed by atoms with E-state index < -0.39 is 11.6 Å². The average molecular weight is 178 g/mol. The van der Waals surface area contributed by atoms with Gasteiger partial charge in [0, 0.05) is 11.5 Å². The van der Waals surface area contributed by atoms with E-state index in [0.717, 1.165) is 25.0 Å². The van der Waals surface area contributed by atoms with E-state index in [1.807, 2.05) is 0 Å². The van der Waals surface area contributed by atoms with E-state index in [0.29, 0.717) is 11.5 Å². The third-order valence-corrected chi connectivity index (χ3v) is 1.92. The van der Waals surface area contributed by atoms with E-state index in [1.165, 1.54) is 6.07 Å². The van der Waals surface area contributed by atoms with Gasteiger partial charge in [-0.05, 0) is 31.0 Å². The molecule has 0 aliphatic heterocycles. The van der Waals surface area contributed by atoms with Crippen LogP contribution < -0.4 is 0 Å². The van der Waals surface area contributed by atoms with Crippen molar-refractivity contribution in [2.24, 2.45) is 5.92 Å². The van der Waals surface area contributed by atoms with Crippen LogP contribution in [-0.4, -0.2) is 0 Å². The molecular weight excluding hydrogens is 170 g/mol. The van der Waals surface area contributed by atoms with Crippen molar-refractivity contribution < 1.29 is 8.78 Å². The van der Waals surface area contributed by atoms with E-state index >= 15 is 0 Å². The van der Waals surface area contributed by atoms with Gasteiger partial charge < -0.3 is 0 Å². The highest BCUT2D eigenvalue weighted by Gasteiger charge is 2.17. The molecule has 0 heterocycles. The van der Waals surface area contributed by atoms with Crippen molar-refractivity contribution in [2.45, 2.75) is 12.8 Å². The molecule has 1 aliphatic rings. The van der Waals surface area contributed by atoms with Gasteiger partial charge in [-0.25, -0.2) is 8.78 Å². The van der Waals surface area contributed by atoms with Gasteiger partial charge in [-0.1, -0.05) is 11.8 Å². The highest BCUT2D eigenvalue weighted by molar-refractivity contribution is 5.35. The van der Waals surface area contributed by atoms with Gasteiger partial charge in [0.25, 0.3) is 0 Å². The van der Waals surface area contributed by atoms with Crippen molar-refractivity contribution in [1.29, 1.82) is 0 Å². The molecule has 2 heteroatoms. The second-order valence-corrected chi connectivity index (χ2v) is 3.17. The largest absolute Gasteiger partial charge is 0.204 e. The van der Waals surface area contributed by atoms with Crippen LogP contribution in [0.1, 0.15) is 18.4 Å². The van der Waals surface area contributed by atoms with Gasteiger partial charge in [-0.3, -0.25) is 0 Å². The number of hydrogen-bond acceptors (Lipinski definition) is 0. The minimum absolute atomic E-state index is 0.480. The molecule has 2 rings (SSSR count). The first kappa shape index (κ1) is 8.25. The van der Waals surface area contributed by atoms with E-state index in [4.69, 9.17) is 0 Å². The number of halogens is 2. The number of hydrogen-bond donors (Lipinski definition) is 0.